The zero-order valence-corrected chi connectivity index (χ0v) is 15.2. The van der Waals surface area contributed by atoms with Gasteiger partial charge in [0.1, 0.15) is 0 Å². The van der Waals surface area contributed by atoms with Crippen LogP contribution in [-0.4, -0.2) is 36.6 Å². The molecular weight excluding hydrogens is 341 g/mol. The fourth-order valence-electron chi connectivity index (χ4n) is 4.62. The van der Waals surface area contributed by atoms with Crippen molar-refractivity contribution >= 4 is 5.91 Å². The van der Waals surface area contributed by atoms with Gasteiger partial charge in [-0.1, -0.05) is 24.3 Å². The van der Waals surface area contributed by atoms with Crippen LogP contribution in [0.5, 0.6) is 0 Å². The normalized spacial score (nSPS) is 22.8. The largest absolute Gasteiger partial charge is 0.389 e. The van der Waals surface area contributed by atoms with Crippen molar-refractivity contribution in [2.45, 2.75) is 63.1 Å². The molecule has 3 rings (SSSR count). The maximum atomic E-state index is 12.3. The molecule has 1 aromatic rings. The van der Waals surface area contributed by atoms with Crippen LogP contribution in [0.15, 0.2) is 24.3 Å². The Bertz CT molecular complexity index is 636. The van der Waals surface area contributed by atoms with E-state index in [4.69, 9.17) is 0 Å². The van der Waals surface area contributed by atoms with Gasteiger partial charge in [0.05, 0.1) is 6.04 Å². The molecule has 1 N–H and O–H groups in total. The number of piperidine rings is 1. The molecule has 0 aromatic heterocycles. The topological polar surface area (TPSA) is 32.3 Å². The average molecular weight is 368 g/mol. The summed E-state index contributed by atoms with van der Waals surface area (Å²) in [5, 5.41) is 3.05. The van der Waals surface area contributed by atoms with E-state index in [1.807, 2.05) is 12.1 Å². The molecule has 1 aliphatic heterocycles. The summed E-state index contributed by atoms with van der Waals surface area (Å²) in [6, 6.07) is 8.40. The molecule has 1 saturated heterocycles. The minimum absolute atomic E-state index is 0.0137. The SMILES string of the molecule is CC(=O)N[C@H]1CCC2(CCN(CCCC(F)(F)F)CC2)c2ccccc21. The molecular formula is C20H27F3N2O. The number of nitrogens with zero attached hydrogens (tertiary/aromatic N) is 1. The van der Waals surface area contributed by atoms with Crippen molar-refractivity contribution < 1.29 is 18.0 Å². The quantitative estimate of drug-likeness (QED) is 0.858. The average Bonchev–Trinajstić information content (AvgIpc) is 2.58. The number of nitrogens with one attached hydrogen (secondary N) is 1. The number of carbonyl (C=O) groups is 1. The lowest BCUT2D eigenvalue weighted by molar-refractivity contribution is -0.136. The molecule has 0 saturated carbocycles. The van der Waals surface area contributed by atoms with Gasteiger partial charge in [0.2, 0.25) is 5.91 Å². The van der Waals surface area contributed by atoms with E-state index in [1.54, 1.807) is 6.92 Å². The molecule has 1 atom stereocenters. The fraction of sp³-hybridized carbons (Fsp3) is 0.650. The first-order valence-electron chi connectivity index (χ1n) is 9.45. The molecule has 6 heteroatoms. The zero-order valence-electron chi connectivity index (χ0n) is 15.2. The summed E-state index contributed by atoms with van der Waals surface area (Å²) in [4.78, 5) is 13.7. The van der Waals surface area contributed by atoms with E-state index in [0.717, 1.165) is 38.8 Å². The van der Waals surface area contributed by atoms with Crippen LogP contribution in [0.2, 0.25) is 0 Å². The predicted octanol–water partition coefficient (Wildman–Crippen LogP) is 4.33. The Hall–Kier alpha value is -1.56. The summed E-state index contributed by atoms with van der Waals surface area (Å²) in [6.45, 7) is 3.76. The molecule has 1 aliphatic carbocycles. The van der Waals surface area contributed by atoms with Crippen molar-refractivity contribution in [3.05, 3.63) is 35.4 Å². The van der Waals surface area contributed by atoms with Crippen molar-refractivity contribution in [1.29, 1.82) is 0 Å². The van der Waals surface area contributed by atoms with E-state index in [0.29, 0.717) is 6.54 Å². The molecule has 1 spiro atoms. The lowest BCUT2D eigenvalue weighted by Gasteiger charge is -2.47. The Labute approximate surface area is 152 Å². The number of likely N-dealkylation sites (tertiary alicyclic amines) is 1. The van der Waals surface area contributed by atoms with Gasteiger partial charge in [-0.25, -0.2) is 0 Å². The highest BCUT2D eigenvalue weighted by Crippen LogP contribution is 2.47. The zero-order chi connectivity index (χ0) is 18.8. The third-order valence-electron chi connectivity index (χ3n) is 5.94. The summed E-state index contributed by atoms with van der Waals surface area (Å²) >= 11 is 0. The first kappa shape index (κ1) is 19.2. The van der Waals surface area contributed by atoms with Gasteiger partial charge in [-0.3, -0.25) is 4.79 Å². The van der Waals surface area contributed by atoms with Gasteiger partial charge in [-0.2, -0.15) is 13.2 Å². The molecule has 0 radical (unpaired) electrons. The number of alkyl halides is 3. The molecule has 2 aliphatic rings. The van der Waals surface area contributed by atoms with Crippen LogP contribution in [0.4, 0.5) is 13.2 Å². The van der Waals surface area contributed by atoms with Crippen molar-refractivity contribution in [2.75, 3.05) is 19.6 Å². The Morgan fingerprint density at radius 2 is 1.92 bits per heavy atom. The maximum absolute atomic E-state index is 12.3. The minimum Gasteiger partial charge on any atom is -0.350 e. The van der Waals surface area contributed by atoms with Crippen molar-refractivity contribution in [3.8, 4) is 0 Å². The van der Waals surface area contributed by atoms with Crippen LogP contribution < -0.4 is 5.32 Å². The number of rotatable bonds is 4. The van der Waals surface area contributed by atoms with Crippen LogP contribution in [0.3, 0.4) is 0 Å². The molecule has 0 bridgehead atoms. The molecule has 1 fully saturated rings. The number of benzene rings is 1. The first-order chi connectivity index (χ1) is 12.3. The van der Waals surface area contributed by atoms with Gasteiger partial charge in [0.15, 0.2) is 0 Å². The fourth-order valence-corrected chi connectivity index (χ4v) is 4.62. The molecule has 0 unspecified atom stereocenters. The minimum atomic E-state index is -4.06. The lowest BCUT2D eigenvalue weighted by atomic mass is 9.63. The lowest BCUT2D eigenvalue weighted by Crippen LogP contribution is -2.46. The number of hydrogen-bond acceptors (Lipinski definition) is 2. The van der Waals surface area contributed by atoms with E-state index in [1.165, 1.54) is 11.1 Å². The summed E-state index contributed by atoms with van der Waals surface area (Å²) in [5.41, 5.74) is 2.63. The standard InChI is InChI=1S/C20H27F3N2O/c1-15(26)24-18-7-9-19(17-6-3-2-5-16(17)18)10-13-25(14-11-19)12-4-8-20(21,22)23/h2-3,5-6,18H,4,7-14H2,1H3,(H,24,26)/t18-/m0/s1. The number of halogens is 3. The van der Waals surface area contributed by atoms with Crippen molar-refractivity contribution in [1.82, 2.24) is 10.2 Å². The van der Waals surface area contributed by atoms with Gasteiger partial charge >= 0.3 is 6.18 Å². The number of amides is 1. The van der Waals surface area contributed by atoms with Crippen LogP contribution >= 0.6 is 0 Å². The predicted molar refractivity (Wildman–Crippen MR) is 94.9 cm³/mol. The van der Waals surface area contributed by atoms with E-state index in [2.05, 4.69) is 22.3 Å². The van der Waals surface area contributed by atoms with E-state index in [9.17, 15) is 18.0 Å². The van der Waals surface area contributed by atoms with Crippen molar-refractivity contribution in [3.63, 3.8) is 0 Å². The van der Waals surface area contributed by atoms with Gasteiger partial charge in [-0.05, 0) is 68.3 Å². The first-order valence-corrected chi connectivity index (χ1v) is 9.45. The second kappa shape index (κ2) is 7.59. The van der Waals surface area contributed by atoms with Crippen LogP contribution in [0, 0.1) is 0 Å². The second-order valence-corrected chi connectivity index (χ2v) is 7.72. The van der Waals surface area contributed by atoms with Gasteiger partial charge in [0.25, 0.3) is 0 Å². The Kier molecular flexibility index (Phi) is 5.61. The number of fused-ring (bicyclic) bond motifs is 2. The monoisotopic (exact) mass is 368 g/mol. The molecule has 3 nitrogen and oxygen atoms in total. The van der Waals surface area contributed by atoms with Crippen LogP contribution in [0.1, 0.15) is 62.6 Å². The highest BCUT2D eigenvalue weighted by Gasteiger charge is 2.42. The van der Waals surface area contributed by atoms with E-state index < -0.39 is 12.6 Å². The summed E-state index contributed by atoms with van der Waals surface area (Å²) in [6.07, 6.45) is -0.687. The van der Waals surface area contributed by atoms with Crippen molar-refractivity contribution in [2.24, 2.45) is 0 Å². The third kappa shape index (κ3) is 4.40. The Morgan fingerprint density at radius 3 is 2.58 bits per heavy atom. The highest BCUT2D eigenvalue weighted by molar-refractivity contribution is 5.73. The third-order valence-corrected chi connectivity index (χ3v) is 5.94. The summed E-state index contributed by atoms with van der Waals surface area (Å²) in [7, 11) is 0. The number of hydrogen-bond donors (Lipinski definition) is 1. The van der Waals surface area contributed by atoms with E-state index in [-0.39, 0.29) is 23.8 Å². The van der Waals surface area contributed by atoms with Gasteiger partial charge in [0, 0.05) is 13.3 Å². The smallest absolute Gasteiger partial charge is 0.350 e. The maximum Gasteiger partial charge on any atom is 0.389 e. The Morgan fingerprint density at radius 1 is 1.23 bits per heavy atom. The summed E-state index contributed by atoms with van der Waals surface area (Å²) in [5.74, 6) is -0.0137. The second-order valence-electron chi connectivity index (χ2n) is 7.72. The van der Waals surface area contributed by atoms with Crippen LogP contribution in [-0.2, 0) is 10.2 Å². The highest BCUT2D eigenvalue weighted by atomic mass is 19.4. The number of carbonyl (C=O) groups excluding carboxylic acids is 1. The van der Waals surface area contributed by atoms with E-state index >= 15 is 0 Å². The molecule has 1 heterocycles. The molecule has 26 heavy (non-hydrogen) atoms. The van der Waals surface area contributed by atoms with Gasteiger partial charge in [-0.15, -0.1) is 0 Å². The molecule has 1 aromatic carbocycles. The molecule has 144 valence electrons. The summed E-state index contributed by atoms with van der Waals surface area (Å²) < 4.78 is 37.0. The Balaban J connectivity index is 1.65. The van der Waals surface area contributed by atoms with Crippen LogP contribution in [0.25, 0.3) is 0 Å². The van der Waals surface area contributed by atoms with Gasteiger partial charge < -0.3 is 10.2 Å². The molecule has 1 amide bonds.